The summed E-state index contributed by atoms with van der Waals surface area (Å²) in [5, 5.41) is 135. The van der Waals surface area contributed by atoms with Gasteiger partial charge in [0.1, 0.15) is 68.5 Å². The molecular formula is C84H100N10O21. The first-order valence-electron chi connectivity index (χ1n) is 38.6. The van der Waals surface area contributed by atoms with E-state index in [1.807, 2.05) is 29.2 Å². The second-order valence-electron chi connectivity index (χ2n) is 33.2. The van der Waals surface area contributed by atoms with Gasteiger partial charge in [0.05, 0.1) is 46.2 Å². The quantitative estimate of drug-likeness (QED) is 0.0907. The molecule has 0 bridgehead atoms. The Morgan fingerprint density at radius 2 is 0.887 bits per heavy atom. The number of ketones is 6. The topological polar surface area (TPSA) is 497 Å². The average Bonchev–Trinajstić information content (AvgIpc) is 0.707. The van der Waals surface area contributed by atoms with Crippen LogP contribution < -0.4 is 27.0 Å². The number of primary amides is 3. The molecule has 15 rings (SSSR count). The van der Waals surface area contributed by atoms with Gasteiger partial charge in [0.15, 0.2) is 34.2 Å². The number of aliphatic hydroxyl groups excluding tert-OH is 6. The van der Waals surface area contributed by atoms with Crippen molar-refractivity contribution in [2.75, 3.05) is 112 Å². The largest absolute Gasteiger partial charge is 0.508 e. The molecule has 0 aromatic heterocycles. The number of aromatic hydroxyl groups is 3. The highest BCUT2D eigenvalue weighted by atomic mass is 16.4. The van der Waals surface area contributed by atoms with Crippen molar-refractivity contribution in [1.82, 2.24) is 24.5 Å². The van der Waals surface area contributed by atoms with Gasteiger partial charge in [-0.3, -0.25) is 62.8 Å². The number of carbonyl (C=O) groups excluding carboxylic acids is 9. The highest BCUT2D eigenvalue weighted by molar-refractivity contribution is 6.27. The molecule has 31 heteroatoms. The Bertz CT molecular complexity index is 5090. The summed E-state index contributed by atoms with van der Waals surface area (Å²) in [7, 11) is 15.0. The second kappa shape index (κ2) is 30.1. The maximum absolute atomic E-state index is 14.1. The van der Waals surface area contributed by atoms with Gasteiger partial charge in [0, 0.05) is 94.4 Å². The zero-order valence-corrected chi connectivity index (χ0v) is 65.8. The third kappa shape index (κ3) is 12.8. The Morgan fingerprint density at radius 3 is 1.30 bits per heavy atom. The van der Waals surface area contributed by atoms with Crippen LogP contribution in [0.3, 0.4) is 0 Å². The second-order valence-corrected chi connectivity index (χ2v) is 33.2. The molecule has 0 unspecified atom stereocenters. The summed E-state index contributed by atoms with van der Waals surface area (Å²) >= 11 is 0. The molecule has 115 heavy (non-hydrogen) atoms. The molecule has 0 radical (unpaired) electrons. The van der Waals surface area contributed by atoms with Gasteiger partial charge in [0.25, 0.3) is 17.7 Å². The molecule has 0 spiro atoms. The Labute approximate surface area is 663 Å². The maximum Gasteiger partial charge on any atom is 0.255 e. The summed E-state index contributed by atoms with van der Waals surface area (Å²) in [6.45, 7) is 8.44. The molecule has 5 fully saturated rings. The molecule has 9 aliphatic carbocycles. The van der Waals surface area contributed by atoms with Crippen molar-refractivity contribution in [3.05, 3.63) is 150 Å². The van der Waals surface area contributed by atoms with Gasteiger partial charge in [-0.2, -0.15) is 0 Å². The highest BCUT2D eigenvalue weighted by Gasteiger charge is 2.68. The molecular weight excluding hydrogens is 1480 g/mol. The van der Waals surface area contributed by atoms with E-state index in [1.165, 1.54) is 31.9 Å². The van der Waals surface area contributed by atoms with Crippen molar-refractivity contribution >= 4 is 81.1 Å². The smallest absolute Gasteiger partial charge is 0.255 e. The number of Topliss-reactive ketones (excluding diaryl/α,β-unsaturated/α-hetero) is 6. The minimum Gasteiger partial charge on any atom is -0.508 e. The summed E-state index contributed by atoms with van der Waals surface area (Å²) in [4.78, 5) is 130. The number of aliphatic hydroxyl groups is 9. The molecule has 4 aromatic carbocycles. The Kier molecular flexibility index (Phi) is 21.5. The van der Waals surface area contributed by atoms with E-state index in [-0.39, 0.29) is 82.8 Å². The van der Waals surface area contributed by atoms with E-state index in [0.717, 1.165) is 82.6 Å². The summed E-state index contributed by atoms with van der Waals surface area (Å²) in [5.74, 6) is -19.4. The highest BCUT2D eigenvalue weighted by Crippen LogP contribution is 2.58. The first kappa shape index (κ1) is 82.2. The maximum atomic E-state index is 14.1. The Morgan fingerprint density at radius 1 is 0.478 bits per heavy atom. The van der Waals surface area contributed by atoms with Crippen LogP contribution >= 0.6 is 0 Å². The molecule has 12 atom stereocenters. The van der Waals surface area contributed by atoms with Crippen LogP contribution in [0.2, 0.25) is 0 Å². The van der Waals surface area contributed by atoms with E-state index in [0.29, 0.717) is 34.5 Å². The van der Waals surface area contributed by atoms with Gasteiger partial charge in [-0.25, -0.2) is 0 Å². The molecule has 4 aromatic rings. The van der Waals surface area contributed by atoms with Gasteiger partial charge in [-0.05, 0) is 195 Å². The summed E-state index contributed by atoms with van der Waals surface area (Å²) in [6.07, 6.45) is 4.96. The fourth-order valence-corrected chi connectivity index (χ4v) is 20.2. The van der Waals surface area contributed by atoms with Crippen molar-refractivity contribution < 1.29 is 104 Å². The van der Waals surface area contributed by atoms with E-state index < -0.39 is 174 Å². The fraction of sp³-hybridized carbons (Fsp3) is 0.464. The molecule has 3 saturated carbocycles. The lowest BCUT2D eigenvalue weighted by atomic mass is 9.57. The predicted molar refractivity (Wildman–Crippen MR) is 421 cm³/mol. The minimum absolute atomic E-state index is 0.0459. The molecule has 3 amide bonds. The summed E-state index contributed by atoms with van der Waals surface area (Å²) < 4.78 is 0. The molecule has 2 aliphatic heterocycles. The van der Waals surface area contributed by atoms with Gasteiger partial charge in [-0.1, -0.05) is 37.3 Å². The Balaban J connectivity index is 0.000000153. The lowest BCUT2D eigenvalue weighted by Gasteiger charge is -2.50. The van der Waals surface area contributed by atoms with E-state index >= 15 is 0 Å². The number of amides is 3. The van der Waals surface area contributed by atoms with E-state index in [9.17, 15) is 104 Å². The van der Waals surface area contributed by atoms with Crippen molar-refractivity contribution in [3.8, 4) is 28.4 Å². The number of piperidine rings is 1. The number of nitrogens with two attached hydrogens (primary N) is 3. The number of hydrogen-bond acceptors (Lipinski definition) is 28. The average molecular weight is 1590 g/mol. The SMILES string of the molecule is CCc1ccc(-c2ccc(O)c3c2C[C@H]2C[C@H]4[C@@H](N(C)C)C(=O)C(C(N)=O)=C(O)[C@@]4(O)C(=O)C2=C3O)cc1CN1CCN(C)CC1.CN(C)[C@H]1C(=O)C(C(N)=O)=C(O)[C@@]2(O)C(=O)C3=C(O)c4c(ccc(N5CCCCC5)c4O)C[C@H]3C[C@@H]12.CN(C)c1ccc2c(c1O)C(O)=C1C(=O)[C@]3(O)C(O)=C(C(N)=O)C(=O)[C@H](N(C)C)[C@@H]3C[C@@H]1C2. The number of likely N-dealkylation sites (N-methyl/N-ethyl adjacent to an activating group) is 4. The van der Waals surface area contributed by atoms with Crippen molar-refractivity contribution in [2.24, 2.45) is 52.7 Å². The van der Waals surface area contributed by atoms with Crippen LogP contribution in [0.1, 0.15) is 90.0 Å². The van der Waals surface area contributed by atoms with Crippen LogP contribution in [0.4, 0.5) is 11.4 Å². The molecule has 18 N–H and O–H groups in total. The third-order valence-corrected chi connectivity index (χ3v) is 25.8. The molecule has 31 nitrogen and oxygen atoms in total. The number of hydrogen-bond donors (Lipinski definition) is 15. The van der Waals surface area contributed by atoms with Crippen LogP contribution in [-0.2, 0) is 75.4 Å². The number of anilines is 2. The van der Waals surface area contributed by atoms with Crippen LogP contribution in [0.5, 0.6) is 17.2 Å². The van der Waals surface area contributed by atoms with Gasteiger partial charge < -0.3 is 93.2 Å². The van der Waals surface area contributed by atoms with Crippen LogP contribution in [0, 0.1) is 35.5 Å². The third-order valence-electron chi connectivity index (χ3n) is 25.8. The number of piperazine rings is 1. The van der Waals surface area contributed by atoms with Crippen molar-refractivity contribution in [3.63, 3.8) is 0 Å². The standard InChI is InChI=1S/C35H42N4O7.C26H31N3O7.C23H27N3O7/c1-5-18-6-7-19(14-21(18)17-39-12-10-38(4)11-13-39)22-8-9-25(40)27-23(22)15-20-16-24-29(37(2)3)31(42)28(34(36)45)33(44)35(24,46)32(43)26(20)30(27)41;1-28(2)19-14-11-13-10-12-6-7-15(29-8-4-3-5-9-29)20(30)16(12)21(31)17(13)23(33)26(14,36)24(34)18(22(19)32)25(27)35;1-25(2)12-6-5-9-7-10-8-11-16(26(3)4)19(29)15(22(24)32)21(31)23(11,33)20(30)14(10)18(28)13(9)17(12)27/h6-9,14,20,24,29,40-41,44,46H,5,10-13,15-17H2,1-4H3,(H2,36,45);6-7,13-14,19,30-31,34,36H,3-5,8-11H2,1-2H3,(H2,27,35);5-6,10-11,16,27-28,31,33H,7-8H2,1-4H3,(H2,24,32)/t20-,24-,29+,35-;13-,14-,19+,26-;10-,11-,16+,23-/m000/s1. The van der Waals surface area contributed by atoms with E-state index in [4.69, 9.17) is 17.2 Å². The normalized spacial score (nSPS) is 28.7. The number of fused-ring (bicyclic) bond motifs is 9. The fourth-order valence-electron chi connectivity index (χ4n) is 20.2. The summed E-state index contributed by atoms with van der Waals surface area (Å²) in [6, 6.07) is 13.4. The lowest BCUT2D eigenvalue weighted by molar-refractivity contribution is -0.155. The van der Waals surface area contributed by atoms with Crippen LogP contribution in [-0.4, -0.2) is 276 Å². The number of aryl methyl sites for hydroxylation is 1. The molecule has 2 saturated heterocycles. The Hall–Kier alpha value is -10.8. The first-order chi connectivity index (χ1) is 54.1. The zero-order chi connectivity index (χ0) is 83.9. The van der Waals surface area contributed by atoms with Gasteiger partial charge in [0.2, 0.25) is 17.3 Å². The molecule has 11 aliphatic rings. The van der Waals surface area contributed by atoms with Gasteiger partial charge in [-0.15, -0.1) is 0 Å². The van der Waals surface area contributed by atoms with Crippen molar-refractivity contribution in [1.29, 1.82) is 0 Å². The van der Waals surface area contributed by atoms with E-state index in [2.05, 4.69) is 35.9 Å². The number of carbonyl (C=O) groups is 9. The van der Waals surface area contributed by atoms with Gasteiger partial charge >= 0.3 is 0 Å². The number of rotatable bonds is 12. The monoisotopic (exact) mass is 1580 g/mol. The van der Waals surface area contributed by atoms with Crippen LogP contribution in [0.15, 0.2) is 105 Å². The van der Waals surface area contributed by atoms with E-state index in [1.54, 1.807) is 73.4 Å². The first-order valence-corrected chi connectivity index (χ1v) is 38.6. The number of benzene rings is 4. The zero-order valence-electron chi connectivity index (χ0n) is 65.8. The predicted octanol–water partition coefficient (Wildman–Crippen LogP) is 2.93. The molecule has 2 heterocycles. The minimum atomic E-state index is -2.66. The number of nitrogens with zero attached hydrogens (tertiary/aromatic N) is 7. The number of phenols is 3. The molecule has 612 valence electrons. The van der Waals surface area contributed by atoms with Crippen LogP contribution in [0.25, 0.3) is 28.4 Å². The van der Waals surface area contributed by atoms with Crippen molar-refractivity contribution in [2.45, 2.75) is 113 Å². The lowest BCUT2D eigenvalue weighted by Crippen LogP contribution is -2.65. The summed E-state index contributed by atoms with van der Waals surface area (Å²) in [5.41, 5.74) is 12.6. The number of phenolic OH excluding ortho intramolecular Hbond substituents is 3.